The maximum absolute atomic E-state index is 2.53. The van der Waals surface area contributed by atoms with E-state index >= 15 is 0 Å². The van der Waals surface area contributed by atoms with Crippen molar-refractivity contribution >= 4 is 11.8 Å². The molecule has 0 saturated carbocycles. The summed E-state index contributed by atoms with van der Waals surface area (Å²) < 4.78 is 0. The van der Waals surface area contributed by atoms with E-state index in [9.17, 15) is 0 Å². The van der Waals surface area contributed by atoms with Gasteiger partial charge in [0, 0.05) is 18.8 Å². The van der Waals surface area contributed by atoms with Gasteiger partial charge in [0.1, 0.15) is 0 Å². The summed E-state index contributed by atoms with van der Waals surface area (Å²) in [7, 11) is 0. The van der Waals surface area contributed by atoms with Gasteiger partial charge in [-0.1, -0.05) is 60.7 Å². The van der Waals surface area contributed by atoms with Gasteiger partial charge in [-0.05, 0) is 36.5 Å². The van der Waals surface area contributed by atoms with Crippen molar-refractivity contribution in [2.45, 2.75) is 19.3 Å². The molecule has 1 aliphatic heterocycles. The lowest BCUT2D eigenvalue weighted by atomic mass is 10.0. The third-order valence-corrected chi connectivity index (χ3v) is 3.87. The molecule has 2 aromatic rings. The predicted molar refractivity (Wildman–Crippen MR) is 86.2 cm³/mol. The molecule has 1 heterocycles. The van der Waals surface area contributed by atoms with Crippen molar-refractivity contribution in [3.8, 4) is 0 Å². The Morgan fingerprint density at radius 2 is 1.35 bits per heavy atom. The molecule has 20 heavy (non-hydrogen) atoms. The number of piperidine rings is 1. The van der Waals surface area contributed by atoms with Gasteiger partial charge in [-0.25, -0.2) is 0 Å². The van der Waals surface area contributed by atoms with E-state index in [1.165, 1.54) is 49.2 Å². The monoisotopic (exact) mass is 263 g/mol. The third-order valence-electron chi connectivity index (χ3n) is 3.87. The normalized spacial score (nSPS) is 16.2. The summed E-state index contributed by atoms with van der Waals surface area (Å²) in [5.41, 5.74) is 3.95. The van der Waals surface area contributed by atoms with E-state index in [1.54, 1.807) is 0 Å². The minimum atomic E-state index is 1.17. The van der Waals surface area contributed by atoms with Crippen LogP contribution in [0.5, 0.6) is 0 Å². The van der Waals surface area contributed by atoms with E-state index in [0.29, 0.717) is 0 Å². The Morgan fingerprint density at radius 1 is 0.750 bits per heavy atom. The number of rotatable bonds is 3. The highest BCUT2D eigenvalue weighted by molar-refractivity contribution is 5.80. The lowest BCUT2D eigenvalue weighted by Crippen LogP contribution is -2.28. The summed E-state index contributed by atoms with van der Waals surface area (Å²) in [6, 6.07) is 21.4. The van der Waals surface area contributed by atoms with Crippen LogP contribution in [0.4, 0.5) is 0 Å². The summed E-state index contributed by atoms with van der Waals surface area (Å²) in [5, 5.41) is 0. The van der Waals surface area contributed by atoms with E-state index in [2.05, 4.69) is 71.6 Å². The first-order valence-corrected chi connectivity index (χ1v) is 7.50. The quantitative estimate of drug-likeness (QED) is 0.727. The van der Waals surface area contributed by atoms with E-state index in [0.717, 1.165) is 0 Å². The molecule has 0 atom stereocenters. The molecule has 0 unspecified atom stereocenters. The number of hydrogen-bond donors (Lipinski definition) is 0. The molecule has 1 heteroatoms. The highest BCUT2D eigenvalue weighted by Crippen LogP contribution is 2.25. The Labute approximate surface area is 121 Å². The summed E-state index contributed by atoms with van der Waals surface area (Å²) >= 11 is 0. The van der Waals surface area contributed by atoms with Crippen LogP contribution < -0.4 is 0 Å². The Bertz CT molecular complexity index is 551. The molecule has 102 valence electrons. The Balaban J connectivity index is 1.97. The van der Waals surface area contributed by atoms with Crippen LogP contribution in [0.1, 0.15) is 30.4 Å². The third kappa shape index (κ3) is 3.11. The minimum Gasteiger partial charge on any atom is -0.371 e. The molecule has 1 aliphatic rings. The zero-order chi connectivity index (χ0) is 13.6. The van der Waals surface area contributed by atoms with E-state index in [4.69, 9.17) is 0 Å². The van der Waals surface area contributed by atoms with Gasteiger partial charge in [0.05, 0.1) is 0 Å². The maximum Gasteiger partial charge on any atom is 0.0445 e. The van der Waals surface area contributed by atoms with Crippen molar-refractivity contribution in [3.05, 3.63) is 71.8 Å². The standard InChI is InChI=1S/C19H21N/c1-4-10-17(11-5-1)16-19(18-12-6-2-7-13-18)20-14-8-3-9-15-20/h1-2,4-7,10-13,16H,3,8-9,14-15H2/b19-16+. The molecule has 0 aliphatic carbocycles. The van der Waals surface area contributed by atoms with Crippen LogP contribution in [-0.4, -0.2) is 18.0 Å². The van der Waals surface area contributed by atoms with Crippen molar-refractivity contribution in [2.75, 3.05) is 13.1 Å². The average Bonchev–Trinajstić information content (AvgIpc) is 2.55. The molecule has 0 spiro atoms. The van der Waals surface area contributed by atoms with Crippen molar-refractivity contribution in [1.29, 1.82) is 0 Å². The van der Waals surface area contributed by atoms with Crippen LogP contribution in [0, 0.1) is 0 Å². The fourth-order valence-corrected chi connectivity index (χ4v) is 2.81. The van der Waals surface area contributed by atoms with Gasteiger partial charge in [0.15, 0.2) is 0 Å². The van der Waals surface area contributed by atoms with Crippen LogP contribution in [0.2, 0.25) is 0 Å². The van der Waals surface area contributed by atoms with Crippen molar-refractivity contribution < 1.29 is 0 Å². The molecule has 1 saturated heterocycles. The van der Waals surface area contributed by atoms with E-state index in [1.807, 2.05) is 0 Å². The largest absolute Gasteiger partial charge is 0.371 e. The second kappa shape index (κ2) is 6.42. The Kier molecular flexibility index (Phi) is 4.17. The molecular formula is C19H21N. The number of benzene rings is 2. The second-order valence-electron chi connectivity index (χ2n) is 5.35. The van der Waals surface area contributed by atoms with Crippen molar-refractivity contribution in [1.82, 2.24) is 4.90 Å². The topological polar surface area (TPSA) is 3.24 Å². The summed E-state index contributed by atoms with van der Waals surface area (Å²) in [6.45, 7) is 2.35. The first-order chi connectivity index (χ1) is 9.93. The molecule has 2 aromatic carbocycles. The summed E-state index contributed by atoms with van der Waals surface area (Å²) in [5.74, 6) is 0. The van der Waals surface area contributed by atoms with Crippen LogP contribution in [0.15, 0.2) is 60.7 Å². The SMILES string of the molecule is C(=C(/c1ccccc1)N1CCCCC1)/c1ccccc1. The average molecular weight is 263 g/mol. The minimum absolute atomic E-state index is 1.17. The Hall–Kier alpha value is -2.02. The van der Waals surface area contributed by atoms with Gasteiger partial charge in [-0.15, -0.1) is 0 Å². The van der Waals surface area contributed by atoms with Gasteiger partial charge >= 0.3 is 0 Å². The smallest absolute Gasteiger partial charge is 0.0445 e. The zero-order valence-electron chi connectivity index (χ0n) is 11.8. The maximum atomic E-state index is 2.53. The number of hydrogen-bond acceptors (Lipinski definition) is 1. The lowest BCUT2D eigenvalue weighted by molar-refractivity contribution is 0.327. The van der Waals surface area contributed by atoms with E-state index in [-0.39, 0.29) is 0 Å². The molecule has 0 N–H and O–H groups in total. The van der Waals surface area contributed by atoms with Gasteiger partial charge in [-0.3, -0.25) is 0 Å². The molecule has 0 aromatic heterocycles. The molecule has 0 amide bonds. The summed E-state index contributed by atoms with van der Waals surface area (Å²) in [4.78, 5) is 2.53. The summed E-state index contributed by atoms with van der Waals surface area (Å²) in [6.07, 6.45) is 6.29. The first-order valence-electron chi connectivity index (χ1n) is 7.50. The van der Waals surface area contributed by atoms with Gasteiger partial charge in [0.2, 0.25) is 0 Å². The van der Waals surface area contributed by atoms with Crippen LogP contribution in [0.3, 0.4) is 0 Å². The first kappa shape index (κ1) is 13.0. The van der Waals surface area contributed by atoms with Crippen LogP contribution >= 0.6 is 0 Å². The number of nitrogens with zero attached hydrogens (tertiary/aromatic N) is 1. The highest BCUT2D eigenvalue weighted by atomic mass is 15.1. The zero-order valence-corrected chi connectivity index (χ0v) is 11.8. The van der Waals surface area contributed by atoms with Gasteiger partial charge < -0.3 is 4.90 Å². The highest BCUT2D eigenvalue weighted by Gasteiger charge is 2.14. The van der Waals surface area contributed by atoms with Crippen molar-refractivity contribution in [2.24, 2.45) is 0 Å². The lowest BCUT2D eigenvalue weighted by Gasteiger charge is -2.31. The van der Waals surface area contributed by atoms with Crippen molar-refractivity contribution in [3.63, 3.8) is 0 Å². The fraction of sp³-hybridized carbons (Fsp3) is 0.263. The molecular weight excluding hydrogens is 242 g/mol. The Morgan fingerprint density at radius 3 is 2.00 bits per heavy atom. The van der Waals surface area contributed by atoms with Crippen LogP contribution in [-0.2, 0) is 0 Å². The molecule has 1 fully saturated rings. The van der Waals surface area contributed by atoms with Gasteiger partial charge in [0.25, 0.3) is 0 Å². The molecule has 0 radical (unpaired) electrons. The fourth-order valence-electron chi connectivity index (χ4n) is 2.81. The molecule has 0 bridgehead atoms. The second-order valence-corrected chi connectivity index (χ2v) is 5.35. The number of likely N-dealkylation sites (tertiary alicyclic amines) is 1. The van der Waals surface area contributed by atoms with E-state index < -0.39 is 0 Å². The van der Waals surface area contributed by atoms with Crippen LogP contribution in [0.25, 0.3) is 11.8 Å². The molecule has 3 rings (SSSR count). The van der Waals surface area contributed by atoms with Gasteiger partial charge in [-0.2, -0.15) is 0 Å². The molecule has 1 nitrogen and oxygen atoms in total. The predicted octanol–water partition coefficient (Wildman–Crippen LogP) is 4.67.